The van der Waals surface area contributed by atoms with E-state index in [-0.39, 0.29) is 0 Å². The number of benzene rings is 5. The molecule has 28 heavy (non-hydrogen) atoms. The Bertz CT molecular complexity index is 1150. The molecular weight excluding hydrogens is 336 g/mol. The van der Waals surface area contributed by atoms with Crippen molar-refractivity contribution in [1.29, 1.82) is 0 Å². The molecule has 0 heterocycles. The Balaban J connectivity index is 2.10. The molecule has 0 bridgehead atoms. The van der Waals surface area contributed by atoms with Gasteiger partial charge in [-0.05, 0) is 90.3 Å². The lowest BCUT2D eigenvalue weighted by Gasteiger charge is -2.22. The summed E-state index contributed by atoms with van der Waals surface area (Å²) in [6.07, 6.45) is 0. The Morgan fingerprint density at radius 2 is 0.679 bits per heavy atom. The second-order valence-electron chi connectivity index (χ2n) is 8.63. The molecular formula is C28H26. The molecule has 138 valence electrons. The minimum Gasteiger partial charge on any atom is -0.0616 e. The van der Waals surface area contributed by atoms with Crippen molar-refractivity contribution in [1.82, 2.24) is 0 Å². The fraction of sp³-hybridized carbons (Fsp3) is 0.214. The molecule has 5 aromatic rings. The summed E-state index contributed by atoms with van der Waals surface area (Å²) >= 11 is 0. The molecule has 5 rings (SSSR count). The highest BCUT2D eigenvalue weighted by Crippen LogP contribution is 2.42. The van der Waals surface area contributed by atoms with Gasteiger partial charge in [0.05, 0.1) is 0 Å². The molecule has 0 unspecified atom stereocenters. The van der Waals surface area contributed by atoms with Crippen LogP contribution in [0.4, 0.5) is 0 Å². The van der Waals surface area contributed by atoms with Gasteiger partial charge in [-0.1, -0.05) is 76.2 Å². The summed E-state index contributed by atoms with van der Waals surface area (Å²) in [6.45, 7) is 9.31. The molecule has 0 aliphatic heterocycles. The van der Waals surface area contributed by atoms with Crippen molar-refractivity contribution in [3.8, 4) is 0 Å². The van der Waals surface area contributed by atoms with Crippen LogP contribution in [0.5, 0.6) is 0 Å². The summed E-state index contributed by atoms with van der Waals surface area (Å²) in [4.78, 5) is 0. The van der Waals surface area contributed by atoms with Crippen LogP contribution in [0.2, 0.25) is 0 Å². The van der Waals surface area contributed by atoms with E-state index in [1.54, 1.807) is 0 Å². The van der Waals surface area contributed by atoms with E-state index in [2.05, 4.69) is 100 Å². The number of rotatable bonds is 2. The first kappa shape index (κ1) is 17.3. The van der Waals surface area contributed by atoms with Gasteiger partial charge in [0, 0.05) is 0 Å². The van der Waals surface area contributed by atoms with Crippen LogP contribution in [0.25, 0.3) is 43.1 Å². The van der Waals surface area contributed by atoms with Gasteiger partial charge in [0.25, 0.3) is 0 Å². The van der Waals surface area contributed by atoms with Crippen molar-refractivity contribution in [3.63, 3.8) is 0 Å². The molecule has 0 nitrogen and oxygen atoms in total. The average Bonchev–Trinajstić information content (AvgIpc) is 2.68. The van der Waals surface area contributed by atoms with E-state index in [1.807, 2.05) is 0 Å². The van der Waals surface area contributed by atoms with Crippen LogP contribution in [-0.2, 0) is 0 Å². The lowest BCUT2D eigenvalue weighted by atomic mass is 9.82. The molecule has 0 spiro atoms. The zero-order valence-electron chi connectivity index (χ0n) is 17.1. The maximum absolute atomic E-state index is 2.42. The minimum atomic E-state index is 0.466. The lowest BCUT2D eigenvalue weighted by molar-refractivity contribution is 0.873. The van der Waals surface area contributed by atoms with E-state index >= 15 is 0 Å². The predicted octanol–water partition coefficient (Wildman–Crippen LogP) is 8.55. The molecule has 0 saturated heterocycles. The molecule has 0 amide bonds. The van der Waals surface area contributed by atoms with E-state index in [0.717, 1.165) is 0 Å². The van der Waals surface area contributed by atoms with Crippen molar-refractivity contribution in [2.45, 2.75) is 39.5 Å². The highest BCUT2D eigenvalue weighted by Gasteiger charge is 2.19. The van der Waals surface area contributed by atoms with Crippen molar-refractivity contribution < 1.29 is 0 Å². The molecule has 0 radical (unpaired) electrons. The third kappa shape index (κ3) is 2.52. The van der Waals surface area contributed by atoms with Gasteiger partial charge >= 0.3 is 0 Å². The summed E-state index contributed by atoms with van der Waals surface area (Å²) in [6, 6.07) is 27.2. The quantitative estimate of drug-likeness (QED) is 0.276. The molecule has 0 aliphatic carbocycles. The van der Waals surface area contributed by atoms with E-state index in [4.69, 9.17) is 0 Å². The Kier molecular flexibility index (Phi) is 3.91. The average molecular weight is 363 g/mol. The third-order valence-corrected chi connectivity index (χ3v) is 6.09. The van der Waals surface area contributed by atoms with Crippen LogP contribution in [0.1, 0.15) is 50.7 Å². The van der Waals surface area contributed by atoms with Crippen LogP contribution >= 0.6 is 0 Å². The number of fused-ring (bicyclic) bond motifs is 4. The molecule has 0 heteroatoms. The summed E-state index contributed by atoms with van der Waals surface area (Å²) in [7, 11) is 0. The Morgan fingerprint density at radius 3 is 0.893 bits per heavy atom. The smallest absolute Gasteiger partial charge is 0.0134 e. The van der Waals surface area contributed by atoms with Gasteiger partial charge < -0.3 is 0 Å². The Morgan fingerprint density at radius 1 is 0.429 bits per heavy atom. The topological polar surface area (TPSA) is 0 Å². The normalized spacial score (nSPS) is 12.2. The number of hydrogen-bond acceptors (Lipinski definition) is 0. The maximum atomic E-state index is 2.42. The standard InChI is InChI=1S/C28H26/c1-17(2)27-23-13-19-9-5-7-11-21(19)15-25(23)28(18(3)4)26-16-22-12-8-6-10-20(22)14-24(26)27/h5-18H,1-4H3. The maximum Gasteiger partial charge on any atom is -0.0134 e. The predicted molar refractivity (Wildman–Crippen MR) is 125 cm³/mol. The zero-order chi connectivity index (χ0) is 19.4. The molecule has 5 aromatic carbocycles. The Hall–Kier alpha value is -2.86. The monoisotopic (exact) mass is 362 g/mol. The summed E-state index contributed by atoms with van der Waals surface area (Å²) in [5.74, 6) is 0.932. The second kappa shape index (κ2) is 6.34. The van der Waals surface area contributed by atoms with Crippen LogP contribution in [0.3, 0.4) is 0 Å². The van der Waals surface area contributed by atoms with Gasteiger partial charge in [0.15, 0.2) is 0 Å². The first-order valence-corrected chi connectivity index (χ1v) is 10.4. The van der Waals surface area contributed by atoms with E-state index in [9.17, 15) is 0 Å². The van der Waals surface area contributed by atoms with Gasteiger partial charge in [-0.15, -0.1) is 0 Å². The largest absolute Gasteiger partial charge is 0.0616 e. The van der Waals surface area contributed by atoms with Crippen LogP contribution < -0.4 is 0 Å². The summed E-state index contributed by atoms with van der Waals surface area (Å²) in [5, 5.41) is 11.0. The van der Waals surface area contributed by atoms with Gasteiger partial charge in [0.2, 0.25) is 0 Å². The first-order valence-electron chi connectivity index (χ1n) is 10.4. The lowest BCUT2D eigenvalue weighted by Crippen LogP contribution is -1.99. The van der Waals surface area contributed by atoms with Crippen LogP contribution in [0.15, 0.2) is 72.8 Å². The van der Waals surface area contributed by atoms with Crippen molar-refractivity contribution in [2.24, 2.45) is 0 Å². The van der Waals surface area contributed by atoms with E-state index < -0.39 is 0 Å². The third-order valence-electron chi connectivity index (χ3n) is 6.09. The zero-order valence-corrected chi connectivity index (χ0v) is 17.1. The minimum absolute atomic E-state index is 0.466. The molecule has 0 saturated carbocycles. The van der Waals surface area contributed by atoms with E-state index in [0.29, 0.717) is 11.8 Å². The molecule has 0 atom stereocenters. The van der Waals surface area contributed by atoms with Gasteiger partial charge in [-0.25, -0.2) is 0 Å². The highest BCUT2D eigenvalue weighted by molar-refractivity contribution is 6.13. The Labute approximate surface area is 166 Å². The fourth-order valence-electron chi connectivity index (χ4n) is 4.91. The molecule has 0 N–H and O–H groups in total. The second-order valence-corrected chi connectivity index (χ2v) is 8.63. The van der Waals surface area contributed by atoms with Crippen LogP contribution in [-0.4, -0.2) is 0 Å². The van der Waals surface area contributed by atoms with Crippen molar-refractivity contribution >= 4 is 43.1 Å². The fourth-order valence-corrected chi connectivity index (χ4v) is 4.91. The molecule has 0 aromatic heterocycles. The molecule has 0 aliphatic rings. The van der Waals surface area contributed by atoms with Crippen LogP contribution in [0, 0.1) is 0 Å². The van der Waals surface area contributed by atoms with Crippen molar-refractivity contribution in [3.05, 3.63) is 83.9 Å². The SMILES string of the molecule is CC(C)c1c2cc3ccccc3cc2c(C(C)C)c2cc3ccccc3cc12. The summed E-state index contributed by atoms with van der Waals surface area (Å²) in [5.41, 5.74) is 2.96. The number of hydrogen-bond donors (Lipinski definition) is 0. The van der Waals surface area contributed by atoms with Crippen molar-refractivity contribution in [2.75, 3.05) is 0 Å². The van der Waals surface area contributed by atoms with E-state index in [1.165, 1.54) is 54.2 Å². The van der Waals surface area contributed by atoms with Gasteiger partial charge in [-0.2, -0.15) is 0 Å². The summed E-state index contributed by atoms with van der Waals surface area (Å²) < 4.78 is 0. The van der Waals surface area contributed by atoms with Gasteiger partial charge in [-0.3, -0.25) is 0 Å². The highest BCUT2D eigenvalue weighted by atomic mass is 14.2. The van der Waals surface area contributed by atoms with Gasteiger partial charge in [0.1, 0.15) is 0 Å². The first-order chi connectivity index (χ1) is 13.5. The molecule has 0 fully saturated rings.